The summed E-state index contributed by atoms with van der Waals surface area (Å²) in [4.78, 5) is 0. The molecule has 2 rings (SSSR count). The van der Waals surface area contributed by atoms with Crippen molar-refractivity contribution in [3.05, 3.63) is 35.8 Å². The lowest BCUT2D eigenvalue weighted by Gasteiger charge is -2.07. The number of methoxy groups -OCH3 is 1. The van der Waals surface area contributed by atoms with Crippen LogP contribution in [-0.4, -0.2) is 12.3 Å². The molecule has 2 aromatic rings. The van der Waals surface area contributed by atoms with Crippen molar-refractivity contribution in [3.8, 4) is 11.1 Å². The number of rotatable bonds is 3. The molecule has 84 valence electrons. The van der Waals surface area contributed by atoms with Gasteiger partial charge in [0, 0.05) is 7.11 Å². The first kappa shape index (κ1) is 10.6. The number of nitrogen functional groups attached to an aromatic ring is 1. The van der Waals surface area contributed by atoms with Crippen LogP contribution in [0.2, 0.25) is 0 Å². The quantitative estimate of drug-likeness (QED) is 0.864. The molecular weight excluding hydrogens is 211 g/mol. The average molecular weight is 222 g/mol. The van der Waals surface area contributed by atoms with Crippen molar-refractivity contribution >= 4 is 5.88 Å². The minimum Gasteiger partial charge on any atom is -0.380 e. The Morgan fingerprint density at radius 1 is 1.44 bits per heavy atom. The molecule has 0 aliphatic rings. The first-order valence-corrected chi connectivity index (χ1v) is 4.70. The van der Waals surface area contributed by atoms with Crippen LogP contribution in [-0.2, 0) is 11.3 Å². The van der Waals surface area contributed by atoms with Gasteiger partial charge in [-0.05, 0) is 23.3 Å². The summed E-state index contributed by atoms with van der Waals surface area (Å²) in [5, 5.41) is 3.59. The lowest BCUT2D eigenvalue weighted by Crippen LogP contribution is -1.94. The Labute approximate surface area is 91.8 Å². The van der Waals surface area contributed by atoms with E-state index in [1.165, 1.54) is 18.3 Å². The van der Waals surface area contributed by atoms with Crippen molar-refractivity contribution in [2.24, 2.45) is 0 Å². The predicted octanol–water partition coefficient (Wildman–Crippen LogP) is 2.21. The number of hydrogen-bond acceptors (Lipinski definition) is 4. The third-order valence-corrected chi connectivity index (χ3v) is 2.26. The monoisotopic (exact) mass is 222 g/mol. The lowest BCUT2D eigenvalue weighted by molar-refractivity contribution is 0.185. The molecule has 0 radical (unpaired) electrons. The minimum atomic E-state index is -0.314. The van der Waals surface area contributed by atoms with Crippen molar-refractivity contribution in [1.82, 2.24) is 5.16 Å². The molecule has 0 saturated carbocycles. The van der Waals surface area contributed by atoms with Gasteiger partial charge in [-0.15, -0.1) is 0 Å². The van der Waals surface area contributed by atoms with Gasteiger partial charge in [-0.1, -0.05) is 11.2 Å². The highest BCUT2D eigenvalue weighted by Gasteiger charge is 2.12. The van der Waals surface area contributed by atoms with E-state index in [1.807, 2.05) is 0 Å². The van der Waals surface area contributed by atoms with Crippen molar-refractivity contribution in [2.75, 3.05) is 12.8 Å². The van der Waals surface area contributed by atoms with E-state index in [-0.39, 0.29) is 11.7 Å². The third-order valence-electron chi connectivity index (χ3n) is 2.26. The molecule has 0 aliphatic carbocycles. The summed E-state index contributed by atoms with van der Waals surface area (Å²) in [6, 6.07) is 4.40. The molecule has 2 N–H and O–H groups in total. The summed E-state index contributed by atoms with van der Waals surface area (Å²) in [6.07, 6.45) is 1.50. The van der Waals surface area contributed by atoms with Gasteiger partial charge in [0.15, 0.2) is 0 Å². The first-order chi connectivity index (χ1) is 7.72. The van der Waals surface area contributed by atoms with Crippen LogP contribution in [0.3, 0.4) is 0 Å². The smallest absolute Gasteiger partial charge is 0.229 e. The van der Waals surface area contributed by atoms with Gasteiger partial charge in [0.05, 0.1) is 18.4 Å². The van der Waals surface area contributed by atoms with Crippen LogP contribution in [0, 0.1) is 5.82 Å². The summed E-state index contributed by atoms with van der Waals surface area (Å²) in [7, 11) is 1.55. The zero-order valence-corrected chi connectivity index (χ0v) is 8.74. The van der Waals surface area contributed by atoms with E-state index in [1.54, 1.807) is 13.2 Å². The topological polar surface area (TPSA) is 61.3 Å². The van der Waals surface area contributed by atoms with Gasteiger partial charge in [0.25, 0.3) is 0 Å². The maximum absolute atomic E-state index is 13.1. The minimum absolute atomic E-state index is 0.212. The van der Waals surface area contributed by atoms with Gasteiger partial charge in [-0.25, -0.2) is 4.39 Å². The number of hydrogen-bond donors (Lipinski definition) is 1. The Bertz CT molecular complexity index is 496. The van der Waals surface area contributed by atoms with Gasteiger partial charge in [0.1, 0.15) is 5.82 Å². The molecule has 0 unspecified atom stereocenters. The molecule has 4 nitrogen and oxygen atoms in total. The summed E-state index contributed by atoms with van der Waals surface area (Å²) in [6.45, 7) is 0.303. The van der Waals surface area contributed by atoms with Gasteiger partial charge < -0.3 is 15.0 Å². The van der Waals surface area contributed by atoms with Crippen molar-refractivity contribution in [1.29, 1.82) is 0 Å². The van der Waals surface area contributed by atoms with E-state index in [0.717, 1.165) is 5.56 Å². The van der Waals surface area contributed by atoms with Crippen LogP contribution in [0.4, 0.5) is 10.3 Å². The average Bonchev–Trinajstić information content (AvgIpc) is 2.65. The van der Waals surface area contributed by atoms with Crippen LogP contribution >= 0.6 is 0 Å². The molecule has 0 aliphatic heterocycles. The molecule has 0 spiro atoms. The van der Waals surface area contributed by atoms with E-state index in [9.17, 15) is 4.39 Å². The second-order valence-corrected chi connectivity index (χ2v) is 3.34. The van der Waals surface area contributed by atoms with Gasteiger partial charge in [-0.3, -0.25) is 0 Å². The van der Waals surface area contributed by atoms with Crippen LogP contribution in [0.1, 0.15) is 5.56 Å². The molecule has 0 saturated heterocycles. The number of benzene rings is 1. The fourth-order valence-electron chi connectivity index (χ4n) is 1.55. The Morgan fingerprint density at radius 2 is 2.25 bits per heavy atom. The molecule has 16 heavy (non-hydrogen) atoms. The summed E-state index contributed by atoms with van der Waals surface area (Å²) >= 11 is 0. The maximum Gasteiger partial charge on any atom is 0.229 e. The highest BCUT2D eigenvalue weighted by Crippen LogP contribution is 2.29. The van der Waals surface area contributed by atoms with E-state index in [0.29, 0.717) is 17.7 Å². The highest BCUT2D eigenvalue weighted by molar-refractivity contribution is 5.74. The number of anilines is 1. The Hall–Kier alpha value is -1.88. The van der Waals surface area contributed by atoms with E-state index in [2.05, 4.69) is 5.16 Å². The number of ether oxygens (including phenoxy) is 1. The maximum atomic E-state index is 13.1. The summed E-state index contributed by atoms with van der Waals surface area (Å²) in [5.41, 5.74) is 7.73. The van der Waals surface area contributed by atoms with Crippen LogP contribution < -0.4 is 5.73 Å². The highest BCUT2D eigenvalue weighted by atomic mass is 19.1. The molecule has 1 aromatic heterocycles. The molecule has 0 amide bonds. The number of nitrogens with two attached hydrogens (primary N) is 1. The fraction of sp³-hybridized carbons (Fsp3) is 0.182. The predicted molar refractivity (Wildman–Crippen MR) is 57.0 cm³/mol. The SMILES string of the molecule is COCc1cc(F)ccc1-c1cnoc1N. The fourth-order valence-corrected chi connectivity index (χ4v) is 1.55. The molecule has 1 heterocycles. The van der Waals surface area contributed by atoms with Crippen molar-refractivity contribution < 1.29 is 13.7 Å². The molecule has 0 fully saturated rings. The van der Waals surface area contributed by atoms with Gasteiger partial charge in [-0.2, -0.15) is 0 Å². The standard InChI is InChI=1S/C11H11FN2O2/c1-15-6-7-4-8(12)2-3-9(7)10-5-14-16-11(10)13/h2-5H,6,13H2,1H3. The van der Waals surface area contributed by atoms with E-state index < -0.39 is 0 Å². The molecule has 0 atom stereocenters. The Kier molecular flexibility index (Phi) is 2.87. The number of aromatic nitrogens is 1. The van der Waals surface area contributed by atoms with Crippen molar-refractivity contribution in [3.63, 3.8) is 0 Å². The normalized spacial score (nSPS) is 10.6. The zero-order chi connectivity index (χ0) is 11.5. The lowest BCUT2D eigenvalue weighted by atomic mass is 10.0. The summed E-state index contributed by atoms with van der Waals surface area (Å²) in [5.74, 6) is -0.102. The Morgan fingerprint density at radius 3 is 2.88 bits per heavy atom. The summed E-state index contributed by atoms with van der Waals surface area (Å²) < 4.78 is 22.9. The second-order valence-electron chi connectivity index (χ2n) is 3.34. The number of halogens is 1. The van der Waals surface area contributed by atoms with Gasteiger partial charge >= 0.3 is 0 Å². The van der Waals surface area contributed by atoms with Crippen LogP contribution in [0.5, 0.6) is 0 Å². The zero-order valence-electron chi connectivity index (χ0n) is 8.74. The van der Waals surface area contributed by atoms with E-state index >= 15 is 0 Å². The third kappa shape index (κ3) is 1.90. The largest absolute Gasteiger partial charge is 0.380 e. The van der Waals surface area contributed by atoms with Crippen LogP contribution in [0.15, 0.2) is 28.9 Å². The molecule has 5 heteroatoms. The van der Waals surface area contributed by atoms with E-state index in [4.69, 9.17) is 15.0 Å². The Balaban J connectivity index is 2.51. The molecular formula is C11H11FN2O2. The first-order valence-electron chi connectivity index (χ1n) is 4.70. The second kappa shape index (κ2) is 4.32. The molecule has 1 aromatic carbocycles. The van der Waals surface area contributed by atoms with Crippen molar-refractivity contribution in [2.45, 2.75) is 6.61 Å². The molecule has 0 bridgehead atoms. The van der Waals surface area contributed by atoms with Gasteiger partial charge in [0.2, 0.25) is 5.88 Å². The van der Waals surface area contributed by atoms with Crippen LogP contribution in [0.25, 0.3) is 11.1 Å². The number of nitrogens with zero attached hydrogens (tertiary/aromatic N) is 1.